The van der Waals surface area contributed by atoms with Crippen molar-refractivity contribution < 1.29 is 4.74 Å². The van der Waals surface area contributed by atoms with E-state index in [2.05, 4.69) is 22.4 Å². The molecule has 0 aliphatic carbocycles. The lowest BCUT2D eigenvalue weighted by atomic mass is 10.2. The summed E-state index contributed by atoms with van der Waals surface area (Å²) in [4.78, 5) is 0. The summed E-state index contributed by atoms with van der Waals surface area (Å²) in [5.41, 5.74) is 1.03. The van der Waals surface area contributed by atoms with Crippen molar-refractivity contribution >= 4 is 0 Å². The molecular weight excluding hydrogens is 178 g/mol. The number of ether oxygens (including phenoxy) is 1. The van der Waals surface area contributed by atoms with Crippen LogP contribution in [0.1, 0.15) is 25.5 Å². The molecule has 4 heteroatoms. The largest absolute Gasteiger partial charge is 0.474 e. The van der Waals surface area contributed by atoms with Gasteiger partial charge in [-0.25, -0.2) is 0 Å². The highest BCUT2D eigenvalue weighted by Gasteiger charge is 2.05. The number of aromatic nitrogens is 2. The second kappa shape index (κ2) is 5.65. The summed E-state index contributed by atoms with van der Waals surface area (Å²) in [6.07, 6.45) is 2.40. The highest BCUT2D eigenvalue weighted by Crippen LogP contribution is 2.11. The van der Waals surface area contributed by atoms with Crippen molar-refractivity contribution in [3.05, 3.63) is 11.8 Å². The fourth-order valence-corrected chi connectivity index (χ4v) is 1.28. The van der Waals surface area contributed by atoms with Crippen LogP contribution in [0.2, 0.25) is 0 Å². The van der Waals surface area contributed by atoms with E-state index in [1.54, 1.807) is 0 Å². The smallest absolute Gasteiger partial charge is 0.232 e. The molecule has 0 saturated heterocycles. The van der Waals surface area contributed by atoms with Crippen LogP contribution in [0, 0.1) is 6.92 Å². The van der Waals surface area contributed by atoms with E-state index in [9.17, 15) is 0 Å². The molecule has 0 radical (unpaired) electrons. The maximum Gasteiger partial charge on any atom is 0.232 e. The molecule has 0 aliphatic rings. The summed E-state index contributed by atoms with van der Waals surface area (Å²) in [7, 11) is 1.96. The van der Waals surface area contributed by atoms with Gasteiger partial charge in [-0.05, 0) is 40.3 Å². The fraction of sp³-hybridized carbons (Fsp3) is 0.700. The van der Waals surface area contributed by atoms with Crippen molar-refractivity contribution in [2.24, 2.45) is 0 Å². The first kappa shape index (κ1) is 11.0. The lowest BCUT2D eigenvalue weighted by Crippen LogP contribution is -2.15. The van der Waals surface area contributed by atoms with Gasteiger partial charge in [0.1, 0.15) is 0 Å². The summed E-state index contributed by atoms with van der Waals surface area (Å²) in [6.45, 7) is 5.07. The second-order valence-electron chi connectivity index (χ2n) is 3.56. The zero-order valence-electron chi connectivity index (χ0n) is 9.13. The zero-order chi connectivity index (χ0) is 10.4. The third-order valence-electron chi connectivity index (χ3n) is 2.04. The third-order valence-corrected chi connectivity index (χ3v) is 2.04. The minimum atomic E-state index is 0.228. The van der Waals surface area contributed by atoms with Crippen molar-refractivity contribution in [3.8, 4) is 5.88 Å². The Bertz CT molecular complexity index is 260. The number of nitrogens with one attached hydrogen (secondary N) is 2. The van der Waals surface area contributed by atoms with E-state index in [-0.39, 0.29) is 6.10 Å². The van der Waals surface area contributed by atoms with Crippen LogP contribution in [0.4, 0.5) is 0 Å². The molecule has 1 aromatic rings. The average molecular weight is 197 g/mol. The van der Waals surface area contributed by atoms with E-state index in [4.69, 9.17) is 4.74 Å². The Morgan fingerprint density at radius 2 is 2.43 bits per heavy atom. The molecule has 0 aliphatic heterocycles. The first-order valence-corrected chi connectivity index (χ1v) is 5.05. The van der Waals surface area contributed by atoms with Gasteiger partial charge < -0.3 is 10.1 Å². The Balaban J connectivity index is 2.23. The van der Waals surface area contributed by atoms with Gasteiger partial charge in [0, 0.05) is 11.8 Å². The van der Waals surface area contributed by atoms with E-state index in [1.807, 2.05) is 20.0 Å². The topological polar surface area (TPSA) is 49.9 Å². The summed E-state index contributed by atoms with van der Waals surface area (Å²) in [6, 6.07) is 1.91. The van der Waals surface area contributed by atoms with Gasteiger partial charge >= 0.3 is 0 Å². The van der Waals surface area contributed by atoms with Crippen LogP contribution < -0.4 is 10.1 Å². The Labute approximate surface area is 85.0 Å². The molecule has 0 fully saturated rings. The van der Waals surface area contributed by atoms with E-state index < -0.39 is 0 Å². The van der Waals surface area contributed by atoms with Crippen molar-refractivity contribution in [1.29, 1.82) is 0 Å². The molecule has 1 aromatic heterocycles. The van der Waals surface area contributed by atoms with Crippen molar-refractivity contribution in [2.45, 2.75) is 32.8 Å². The molecule has 0 aromatic carbocycles. The predicted octanol–water partition coefficient (Wildman–Crippen LogP) is 1.49. The van der Waals surface area contributed by atoms with Crippen LogP contribution in [0.3, 0.4) is 0 Å². The number of nitrogens with zero attached hydrogens (tertiary/aromatic N) is 1. The molecule has 0 saturated carbocycles. The van der Waals surface area contributed by atoms with Crippen LogP contribution in [0.25, 0.3) is 0 Å². The van der Waals surface area contributed by atoms with Crippen LogP contribution in [-0.4, -0.2) is 29.9 Å². The number of aryl methyl sites for hydroxylation is 1. The molecule has 0 amide bonds. The van der Waals surface area contributed by atoms with E-state index in [1.165, 1.54) is 0 Å². The Morgan fingerprint density at radius 1 is 1.64 bits per heavy atom. The summed E-state index contributed by atoms with van der Waals surface area (Å²) in [5.74, 6) is 0.694. The number of hydrogen-bond donors (Lipinski definition) is 2. The first-order chi connectivity index (χ1) is 6.72. The molecule has 1 atom stereocenters. The van der Waals surface area contributed by atoms with Crippen LogP contribution in [0.15, 0.2) is 6.07 Å². The van der Waals surface area contributed by atoms with Gasteiger partial charge in [-0.3, -0.25) is 5.10 Å². The molecule has 4 nitrogen and oxygen atoms in total. The summed E-state index contributed by atoms with van der Waals surface area (Å²) >= 11 is 0. The maximum atomic E-state index is 5.61. The maximum absolute atomic E-state index is 5.61. The quantitative estimate of drug-likeness (QED) is 0.679. The lowest BCUT2D eigenvalue weighted by molar-refractivity contribution is 0.199. The number of hydrogen-bond acceptors (Lipinski definition) is 3. The molecule has 2 N–H and O–H groups in total. The Hall–Kier alpha value is -1.03. The Morgan fingerprint density at radius 3 is 3.00 bits per heavy atom. The van der Waals surface area contributed by atoms with Gasteiger partial charge in [0.2, 0.25) is 5.88 Å². The number of aromatic amines is 1. The van der Waals surface area contributed by atoms with Gasteiger partial charge in [0.05, 0.1) is 6.10 Å². The molecule has 1 rings (SSSR count). The molecule has 80 valence electrons. The lowest BCUT2D eigenvalue weighted by Gasteiger charge is -2.11. The van der Waals surface area contributed by atoms with Gasteiger partial charge in [0.25, 0.3) is 0 Å². The SMILES string of the molecule is CNCCCC(C)Oc1cc(C)[nH]n1. The van der Waals surface area contributed by atoms with Crippen molar-refractivity contribution in [2.75, 3.05) is 13.6 Å². The normalized spacial score (nSPS) is 12.8. The minimum absolute atomic E-state index is 0.228. The monoisotopic (exact) mass is 197 g/mol. The molecule has 0 spiro atoms. The predicted molar refractivity (Wildman–Crippen MR) is 56.6 cm³/mol. The highest BCUT2D eigenvalue weighted by atomic mass is 16.5. The Kier molecular flexibility index (Phi) is 4.46. The van der Waals surface area contributed by atoms with Crippen LogP contribution in [-0.2, 0) is 0 Å². The van der Waals surface area contributed by atoms with Gasteiger partial charge in [0.15, 0.2) is 0 Å². The second-order valence-corrected chi connectivity index (χ2v) is 3.56. The highest BCUT2D eigenvalue weighted by molar-refractivity contribution is 5.12. The molecule has 1 unspecified atom stereocenters. The standard InChI is InChI=1S/C10H19N3O/c1-8-7-10(13-12-8)14-9(2)5-4-6-11-3/h7,9,11H,4-6H2,1-3H3,(H,12,13). The van der Waals surface area contributed by atoms with Gasteiger partial charge in [-0.1, -0.05) is 0 Å². The van der Waals surface area contributed by atoms with Gasteiger partial charge in [-0.15, -0.1) is 5.10 Å². The zero-order valence-corrected chi connectivity index (χ0v) is 9.13. The van der Waals surface area contributed by atoms with E-state index >= 15 is 0 Å². The fourth-order valence-electron chi connectivity index (χ4n) is 1.28. The van der Waals surface area contributed by atoms with Crippen LogP contribution in [0.5, 0.6) is 5.88 Å². The van der Waals surface area contributed by atoms with Crippen molar-refractivity contribution in [3.63, 3.8) is 0 Å². The summed E-state index contributed by atoms with van der Waals surface area (Å²) < 4.78 is 5.61. The average Bonchev–Trinajstić information content (AvgIpc) is 2.52. The third kappa shape index (κ3) is 3.79. The number of H-pyrrole nitrogens is 1. The van der Waals surface area contributed by atoms with E-state index in [0.29, 0.717) is 5.88 Å². The van der Waals surface area contributed by atoms with Crippen LogP contribution >= 0.6 is 0 Å². The molecule has 0 bridgehead atoms. The van der Waals surface area contributed by atoms with Gasteiger partial charge in [-0.2, -0.15) is 0 Å². The minimum Gasteiger partial charge on any atom is -0.474 e. The molecular formula is C10H19N3O. The van der Waals surface area contributed by atoms with E-state index in [0.717, 1.165) is 25.1 Å². The molecule has 14 heavy (non-hydrogen) atoms. The summed E-state index contributed by atoms with van der Waals surface area (Å²) in [5, 5.41) is 9.99. The van der Waals surface area contributed by atoms with Crippen molar-refractivity contribution in [1.82, 2.24) is 15.5 Å². The first-order valence-electron chi connectivity index (χ1n) is 5.05. The number of rotatable bonds is 6. The molecule has 1 heterocycles.